The minimum absolute atomic E-state index is 0.0305. The number of carbonyl (C=O) groups is 1. The molecule has 7 nitrogen and oxygen atoms in total. The molecular formula is C20H28N4O3. The van der Waals surface area contributed by atoms with E-state index in [4.69, 9.17) is 9.26 Å². The van der Waals surface area contributed by atoms with Crippen LogP contribution in [0, 0.1) is 13.8 Å². The van der Waals surface area contributed by atoms with Gasteiger partial charge in [-0.2, -0.15) is 4.98 Å². The summed E-state index contributed by atoms with van der Waals surface area (Å²) < 4.78 is 10.9. The Balaban J connectivity index is 1.47. The first kappa shape index (κ1) is 19.4. The molecule has 1 aliphatic heterocycles. The molecule has 1 aromatic carbocycles. The van der Waals surface area contributed by atoms with Gasteiger partial charge in [-0.15, -0.1) is 0 Å². The molecule has 1 saturated heterocycles. The van der Waals surface area contributed by atoms with E-state index in [1.165, 1.54) is 5.56 Å². The van der Waals surface area contributed by atoms with E-state index in [0.29, 0.717) is 24.8 Å². The summed E-state index contributed by atoms with van der Waals surface area (Å²) in [6, 6.07) is 5.90. The first-order chi connectivity index (χ1) is 13.0. The SMILES string of the molecule is CCc1nc(CN2CCCN(C(=O)COc3ccc(C)c(C)c3)CC2)no1. The van der Waals surface area contributed by atoms with Crippen molar-refractivity contribution < 1.29 is 14.1 Å². The summed E-state index contributed by atoms with van der Waals surface area (Å²) in [5.41, 5.74) is 2.38. The van der Waals surface area contributed by atoms with Crippen LogP contribution in [0.15, 0.2) is 22.7 Å². The van der Waals surface area contributed by atoms with Crippen LogP contribution in [0.25, 0.3) is 0 Å². The molecule has 0 atom stereocenters. The van der Waals surface area contributed by atoms with Gasteiger partial charge in [-0.1, -0.05) is 18.1 Å². The number of amides is 1. The molecule has 0 N–H and O–H groups in total. The molecule has 0 aliphatic carbocycles. The molecule has 1 aliphatic rings. The summed E-state index contributed by atoms with van der Waals surface area (Å²) in [6.07, 6.45) is 1.67. The quantitative estimate of drug-likeness (QED) is 0.775. The van der Waals surface area contributed by atoms with Gasteiger partial charge in [0.1, 0.15) is 5.75 Å². The number of ether oxygens (including phenoxy) is 1. The molecule has 7 heteroatoms. The first-order valence-electron chi connectivity index (χ1n) is 9.56. The molecule has 0 bridgehead atoms. The lowest BCUT2D eigenvalue weighted by Gasteiger charge is -2.21. The fourth-order valence-electron chi connectivity index (χ4n) is 3.12. The van der Waals surface area contributed by atoms with Gasteiger partial charge in [0.15, 0.2) is 12.4 Å². The Labute approximate surface area is 160 Å². The van der Waals surface area contributed by atoms with Crippen molar-refractivity contribution in [3.05, 3.63) is 41.0 Å². The van der Waals surface area contributed by atoms with Gasteiger partial charge in [0.25, 0.3) is 5.91 Å². The van der Waals surface area contributed by atoms with Gasteiger partial charge in [-0.3, -0.25) is 9.69 Å². The summed E-state index contributed by atoms with van der Waals surface area (Å²) in [5, 5.41) is 4.01. The van der Waals surface area contributed by atoms with Crippen LogP contribution < -0.4 is 4.74 Å². The zero-order valence-electron chi connectivity index (χ0n) is 16.4. The highest BCUT2D eigenvalue weighted by atomic mass is 16.5. The van der Waals surface area contributed by atoms with Crippen LogP contribution in [-0.4, -0.2) is 58.6 Å². The second-order valence-electron chi connectivity index (χ2n) is 7.00. The largest absolute Gasteiger partial charge is 0.484 e. The van der Waals surface area contributed by atoms with Crippen molar-refractivity contribution in [2.75, 3.05) is 32.8 Å². The predicted octanol–water partition coefficient (Wildman–Crippen LogP) is 2.36. The van der Waals surface area contributed by atoms with Crippen LogP contribution in [0.4, 0.5) is 0 Å². The number of benzene rings is 1. The van der Waals surface area contributed by atoms with E-state index in [2.05, 4.69) is 22.0 Å². The lowest BCUT2D eigenvalue weighted by atomic mass is 10.1. The zero-order chi connectivity index (χ0) is 19.2. The Morgan fingerprint density at radius 1 is 1.19 bits per heavy atom. The van der Waals surface area contributed by atoms with Gasteiger partial charge >= 0.3 is 0 Å². The first-order valence-corrected chi connectivity index (χ1v) is 9.56. The van der Waals surface area contributed by atoms with Crippen molar-refractivity contribution in [2.24, 2.45) is 0 Å². The average Bonchev–Trinajstić information content (AvgIpc) is 2.99. The number of hydrogen-bond acceptors (Lipinski definition) is 6. The van der Waals surface area contributed by atoms with E-state index in [-0.39, 0.29) is 12.5 Å². The van der Waals surface area contributed by atoms with E-state index in [0.717, 1.165) is 43.8 Å². The van der Waals surface area contributed by atoms with Gasteiger partial charge in [-0.25, -0.2) is 0 Å². The zero-order valence-corrected chi connectivity index (χ0v) is 16.4. The summed E-state index contributed by atoms with van der Waals surface area (Å²) in [4.78, 5) is 21.0. The molecule has 1 aromatic heterocycles. The van der Waals surface area contributed by atoms with Crippen LogP contribution in [-0.2, 0) is 17.8 Å². The van der Waals surface area contributed by atoms with Crippen LogP contribution in [0.1, 0.15) is 36.2 Å². The van der Waals surface area contributed by atoms with Crippen LogP contribution in [0.3, 0.4) is 0 Å². The van der Waals surface area contributed by atoms with E-state index in [1.54, 1.807) is 0 Å². The van der Waals surface area contributed by atoms with Crippen molar-refractivity contribution in [3.63, 3.8) is 0 Å². The summed E-state index contributed by atoms with van der Waals surface area (Å²) >= 11 is 0. The fraction of sp³-hybridized carbons (Fsp3) is 0.550. The lowest BCUT2D eigenvalue weighted by Crippen LogP contribution is -2.38. The van der Waals surface area contributed by atoms with Crippen molar-refractivity contribution in [2.45, 2.75) is 40.2 Å². The average molecular weight is 372 g/mol. The molecule has 27 heavy (non-hydrogen) atoms. The molecule has 1 amide bonds. The highest BCUT2D eigenvalue weighted by molar-refractivity contribution is 5.77. The molecule has 0 spiro atoms. The Morgan fingerprint density at radius 2 is 2.04 bits per heavy atom. The van der Waals surface area contributed by atoms with Crippen molar-refractivity contribution in [3.8, 4) is 5.75 Å². The minimum Gasteiger partial charge on any atom is -0.484 e. The highest BCUT2D eigenvalue weighted by Crippen LogP contribution is 2.16. The molecule has 0 saturated carbocycles. The smallest absolute Gasteiger partial charge is 0.260 e. The Kier molecular flexibility index (Phi) is 6.45. The predicted molar refractivity (Wildman–Crippen MR) is 102 cm³/mol. The van der Waals surface area contributed by atoms with Crippen LogP contribution in [0.2, 0.25) is 0 Å². The van der Waals surface area contributed by atoms with Gasteiger partial charge < -0.3 is 14.2 Å². The summed E-state index contributed by atoms with van der Waals surface area (Å²) in [6.45, 7) is 9.98. The second-order valence-corrected chi connectivity index (χ2v) is 7.00. The normalized spacial score (nSPS) is 15.6. The number of aryl methyl sites for hydroxylation is 3. The Morgan fingerprint density at radius 3 is 2.78 bits per heavy atom. The minimum atomic E-state index is 0.0305. The van der Waals surface area contributed by atoms with Gasteiger partial charge in [0.2, 0.25) is 5.89 Å². The van der Waals surface area contributed by atoms with E-state index >= 15 is 0 Å². The number of hydrogen-bond donors (Lipinski definition) is 0. The number of carbonyl (C=O) groups excluding carboxylic acids is 1. The van der Waals surface area contributed by atoms with Crippen LogP contribution >= 0.6 is 0 Å². The van der Waals surface area contributed by atoms with E-state index in [9.17, 15) is 4.79 Å². The molecule has 146 valence electrons. The van der Waals surface area contributed by atoms with Gasteiger partial charge in [-0.05, 0) is 43.5 Å². The third-order valence-corrected chi connectivity index (χ3v) is 4.96. The monoisotopic (exact) mass is 372 g/mol. The molecule has 2 aromatic rings. The van der Waals surface area contributed by atoms with Crippen LogP contribution in [0.5, 0.6) is 5.75 Å². The topological polar surface area (TPSA) is 71.7 Å². The molecule has 1 fully saturated rings. The molecular weight excluding hydrogens is 344 g/mol. The molecule has 2 heterocycles. The summed E-state index contributed by atoms with van der Waals surface area (Å²) in [5.74, 6) is 2.15. The Bertz CT molecular complexity index is 774. The molecule has 0 unspecified atom stereocenters. The second kappa shape index (κ2) is 8.99. The lowest BCUT2D eigenvalue weighted by molar-refractivity contribution is -0.133. The van der Waals surface area contributed by atoms with E-state index in [1.807, 2.05) is 36.9 Å². The third kappa shape index (κ3) is 5.29. The number of nitrogens with zero attached hydrogens (tertiary/aromatic N) is 4. The third-order valence-electron chi connectivity index (χ3n) is 4.96. The van der Waals surface area contributed by atoms with Crippen molar-refractivity contribution >= 4 is 5.91 Å². The van der Waals surface area contributed by atoms with Gasteiger partial charge in [0.05, 0.1) is 6.54 Å². The molecule has 0 radical (unpaired) electrons. The van der Waals surface area contributed by atoms with Crippen molar-refractivity contribution in [1.29, 1.82) is 0 Å². The summed E-state index contributed by atoms with van der Waals surface area (Å²) in [7, 11) is 0. The van der Waals surface area contributed by atoms with E-state index < -0.39 is 0 Å². The van der Waals surface area contributed by atoms with Gasteiger partial charge in [0, 0.05) is 32.6 Å². The maximum atomic E-state index is 12.5. The fourth-order valence-corrected chi connectivity index (χ4v) is 3.12. The molecule has 3 rings (SSSR count). The standard InChI is InChI=1S/C20H28N4O3/c1-4-19-21-18(22-27-19)13-23-8-5-9-24(11-10-23)20(25)14-26-17-7-6-15(2)16(3)12-17/h6-7,12H,4-5,8-11,13-14H2,1-3H3. The maximum absolute atomic E-state index is 12.5. The number of rotatable bonds is 6. The number of aromatic nitrogens is 2. The highest BCUT2D eigenvalue weighted by Gasteiger charge is 2.20. The maximum Gasteiger partial charge on any atom is 0.260 e. The Hall–Kier alpha value is -2.41. The van der Waals surface area contributed by atoms with Crippen molar-refractivity contribution in [1.82, 2.24) is 19.9 Å².